The summed E-state index contributed by atoms with van der Waals surface area (Å²) in [5.41, 5.74) is 26.2. The molecule has 1 unspecified atom stereocenters. The highest BCUT2D eigenvalue weighted by Crippen LogP contribution is 2.64. The van der Waals surface area contributed by atoms with Crippen LogP contribution in [-0.2, 0) is 0 Å². The van der Waals surface area contributed by atoms with Gasteiger partial charge in [0.15, 0.2) is 28.5 Å². The zero-order chi connectivity index (χ0) is 35.9. The molecule has 7 rings (SSSR count). The lowest BCUT2D eigenvalue weighted by Gasteiger charge is -2.25. The third kappa shape index (κ3) is 8.37. The van der Waals surface area contributed by atoms with Gasteiger partial charge in [0.1, 0.15) is 28.7 Å². The van der Waals surface area contributed by atoms with Crippen LogP contribution in [0.15, 0.2) is 147 Å². The molecule has 0 aromatic heterocycles. The molecular formula is C36H30N7O6P3. The van der Waals surface area contributed by atoms with Gasteiger partial charge >= 0.3 is 7.66 Å². The largest absolute Gasteiger partial charge is 0.460 e. The van der Waals surface area contributed by atoms with Gasteiger partial charge in [0, 0.05) is 28.8 Å². The molecule has 16 heteroatoms. The van der Waals surface area contributed by atoms with Crippen molar-refractivity contribution in [2.24, 2.45) is 13.5 Å². The van der Waals surface area contributed by atoms with E-state index in [0.29, 0.717) is 68.5 Å². The Morgan fingerprint density at radius 1 is 0.423 bits per heavy atom. The number of hydrogen-bond acceptors (Lipinski definition) is 13. The first-order chi connectivity index (χ1) is 25.3. The van der Waals surface area contributed by atoms with E-state index in [4.69, 9.17) is 50.9 Å². The molecular weight excluding hydrogens is 719 g/mol. The normalized spacial score (nSPS) is 15.2. The Hall–Kier alpha value is -6.25. The molecule has 0 aliphatic carbocycles. The van der Waals surface area contributed by atoms with Gasteiger partial charge in [-0.15, -0.1) is 9.03 Å². The van der Waals surface area contributed by atoms with Crippen LogP contribution < -0.4 is 50.9 Å². The second-order valence-electron chi connectivity index (χ2n) is 11.0. The summed E-state index contributed by atoms with van der Waals surface area (Å²) < 4.78 is 52.9. The summed E-state index contributed by atoms with van der Waals surface area (Å²) >= 11 is 0. The van der Waals surface area contributed by atoms with Gasteiger partial charge in [0.25, 0.3) is 0 Å². The van der Waals surface area contributed by atoms with E-state index in [-0.39, 0.29) is 28.7 Å². The summed E-state index contributed by atoms with van der Waals surface area (Å²) in [5.74, 6) is 2.79. The predicted molar refractivity (Wildman–Crippen MR) is 206 cm³/mol. The van der Waals surface area contributed by atoms with Crippen molar-refractivity contribution in [2.75, 3.05) is 22.9 Å². The standard InChI is InChI=1S/C36H30N7O6P3/c37-23-6-14-27(15-7-23)44-32-22-33(49-52(42-50-41-51-43-52)48-31-4-2-1-3-5-31)35(46-29-18-10-25(39)11-19-29)36(47-30-20-12-26(40)13-21-30)34(32)45-28-16-8-24(38)9-17-28/h1-22H,37-40H2. The molecule has 1 heterocycles. The summed E-state index contributed by atoms with van der Waals surface area (Å²) in [4.78, 5) is 0. The topological polar surface area (TPSA) is 197 Å². The molecule has 260 valence electrons. The van der Waals surface area contributed by atoms with Crippen molar-refractivity contribution in [2.45, 2.75) is 0 Å². The lowest BCUT2D eigenvalue weighted by atomic mass is 10.2. The summed E-state index contributed by atoms with van der Waals surface area (Å²) in [6.45, 7) is 0. The van der Waals surface area contributed by atoms with Crippen LogP contribution in [0.4, 0.5) is 22.7 Å². The number of ether oxygens (including phenoxy) is 4. The molecule has 0 saturated heterocycles. The Morgan fingerprint density at radius 3 is 1.33 bits per heavy atom. The average molecular weight is 750 g/mol. The Kier molecular flexibility index (Phi) is 10.1. The zero-order valence-electron chi connectivity index (χ0n) is 27.1. The van der Waals surface area contributed by atoms with Crippen LogP contribution >= 0.6 is 24.7 Å². The maximum absolute atomic E-state index is 6.75. The second kappa shape index (κ2) is 15.3. The third-order valence-corrected chi connectivity index (χ3v) is 11.1. The Labute approximate surface area is 302 Å². The van der Waals surface area contributed by atoms with Crippen LogP contribution in [0.2, 0.25) is 0 Å². The van der Waals surface area contributed by atoms with Crippen molar-refractivity contribution in [3.8, 4) is 57.5 Å². The fourth-order valence-corrected chi connectivity index (χ4v) is 8.40. The monoisotopic (exact) mass is 749 g/mol. The van der Waals surface area contributed by atoms with Crippen molar-refractivity contribution in [1.82, 2.24) is 0 Å². The molecule has 0 saturated carbocycles. The fourth-order valence-electron chi connectivity index (χ4n) is 4.64. The molecule has 6 aromatic rings. The number of rotatable bonds is 12. The highest BCUT2D eigenvalue weighted by molar-refractivity contribution is 7.65. The third-order valence-electron chi connectivity index (χ3n) is 7.10. The van der Waals surface area contributed by atoms with Gasteiger partial charge in [0.05, 0.1) is 0 Å². The van der Waals surface area contributed by atoms with E-state index in [2.05, 4.69) is 13.5 Å². The second-order valence-corrected chi connectivity index (χ2v) is 14.8. The molecule has 6 aromatic carbocycles. The minimum absolute atomic E-state index is 0.0797. The Morgan fingerprint density at radius 2 is 0.865 bits per heavy atom. The molecule has 0 bridgehead atoms. The number of para-hydroxylation sites is 1. The van der Waals surface area contributed by atoms with Gasteiger partial charge < -0.3 is 50.9 Å². The summed E-state index contributed by atoms with van der Waals surface area (Å²) in [7, 11) is -2.69. The molecule has 1 aliphatic heterocycles. The molecule has 52 heavy (non-hydrogen) atoms. The fraction of sp³-hybridized carbons (Fsp3) is 0. The molecule has 0 radical (unpaired) electrons. The van der Waals surface area contributed by atoms with E-state index < -0.39 is 7.66 Å². The minimum atomic E-state index is -3.45. The van der Waals surface area contributed by atoms with Crippen LogP contribution in [0.1, 0.15) is 0 Å². The van der Waals surface area contributed by atoms with Gasteiger partial charge in [-0.1, -0.05) is 18.2 Å². The van der Waals surface area contributed by atoms with Crippen LogP contribution in [0, 0.1) is 0 Å². The van der Waals surface area contributed by atoms with E-state index in [1.54, 1.807) is 115 Å². The summed E-state index contributed by atoms with van der Waals surface area (Å²) in [6.07, 6.45) is 0. The van der Waals surface area contributed by atoms with Crippen LogP contribution in [0.25, 0.3) is 0 Å². The lowest BCUT2D eigenvalue weighted by molar-refractivity contribution is 0.355. The number of nitrogen functional groups attached to an aromatic ring is 4. The van der Waals surface area contributed by atoms with Crippen molar-refractivity contribution < 1.29 is 28.0 Å². The van der Waals surface area contributed by atoms with Crippen molar-refractivity contribution in [3.63, 3.8) is 0 Å². The number of hydrogen-bond donors (Lipinski definition) is 4. The van der Waals surface area contributed by atoms with E-state index in [1.807, 2.05) is 18.2 Å². The minimum Gasteiger partial charge on any atom is -0.453 e. The maximum atomic E-state index is 6.75. The van der Waals surface area contributed by atoms with E-state index in [0.717, 1.165) is 0 Å². The van der Waals surface area contributed by atoms with Gasteiger partial charge in [0.2, 0.25) is 17.2 Å². The number of anilines is 4. The predicted octanol–water partition coefficient (Wildman–Crippen LogP) is 11.7. The molecule has 13 nitrogen and oxygen atoms in total. The molecule has 1 atom stereocenters. The first-order valence-corrected chi connectivity index (χ1v) is 18.7. The number of nitrogens with two attached hydrogens (primary N) is 4. The van der Waals surface area contributed by atoms with Crippen molar-refractivity contribution in [1.29, 1.82) is 0 Å². The first kappa shape index (κ1) is 34.2. The van der Waals surface area contributed by atoms with Crippen LogP contribution in [-0.4, -0.2) is 0 Å². The number of nitrogens with zero attached hydrogens (tertiary/aromatic N) is 3. The van der Waals surface area contributed by atoms with E-state index in [1.165, 1.54) is 0 Å². The zero-order valence-corrected chi connectivity index (χ0v) is 29.8. The van der Waals surface area contributed by atoms with Gasteiger partial charge in [-0.3, -0.25) is 0 Å². The lowest BCUT2D eigenvalue weighted by Crippen LogP contribution is -2.03. The van der Waals surface area contributed by atoms with Crippen LogP contribution in [0.5, 0.6) is 57.5 Å². The van der Waals surface area contributed by atoms with Crippen molar-refractivity contribution in [3.05, 3.63) is 133 Å². The molecule has 0 spiro atoms. The molecule has 0 fully saturated rings. The van der Waals surface area contributed by atoms with E-state index >= 15 is 0 Å². The maximum Gasteiger partial charge on any atom is 0.460 e. The molecule has 1 aliphatic rings. The van der Waals surface area contributed by atoms with Crippen LogP contribution in [0.3, 0.4) is 0 Å². The quantitative estimate of drug-likeness (QED) is 0.0690. The van der Waals surface area contributed by atoms with Gasteiger partial charge in [-0.05, 0) is 109 Å². The van der Waals surface area contributed by atoms with Gasteiger partial charge in [-0.25, -0.2) is 0 Å². The highest BCUT2D eigenvalue weighted by atomic mass is 31.2. The average Bonchev–Trinajstić information content (AvgIpc) is 3.15. The number of benzene rings is 6. The highest BCUT2D eigenvalue weighted by Gasteiger charge is 2.34. The molecule has 0 amide bonds. The Bertz CT molecular complexity index is 2290. The summed E-state index contributed by atoms with van der Waals surface area (Å²) in [5, 5.41) is 0. The van der Waals surface area contributed by atoms with Crippen molar-refractivity contribution >= 4 is 47.5 Å². The summed E-state index contributed by atoms with van der Waals surface area (Å²) in [6, 6.07) is 38.1. The Balaban J connectivity index is 1.47. The van der Waals surface area contributed by atoms with E-state index in [9.17, 15) is 0 Å². The smallest absolute Gasteiger partial charge is 0.453 e. The molecule has 8 N–H and O–H groups in total. The van der Waals surface area contributed by atoms with Gasteiger partial charge in [-0.2, -0.15) is 4.52 Å². The first-order valence-electron chi connectivity index (χ1n) is 15.5. The SMILES string of the molecule is Nc1ccc(Oc2cc(OP3(Oc4ccccc4)=NP=NP=N3)c(Oc3ccc(N)cc3)c(Oc3ccc(N)cc3)c2Oc2ccc(N)cc2)cc1.